The first-order valence-corrected chi connectivity index (χ1v) is 7.95. The Morgan fingerprint density at radius 1 is 1.06 bits per heavy atom. The molecule has 0 saturated carbocycles. The molecule has 0 aliphatic carbocycles. The van der Waals surface area contributed by atoms with E-state index in [1.165, 1.54) is 71.4 Å². The summed E-state index contributed by atoms with van der Waals surface area (Å²) in [5.41, 5.74) is 0. The fraction of sp³-hybridized carbons (Fsp3) is 1.00. The van der Waals surface area contributed by atoms with Crippen molar-refractivity contribution < 1.29 is 0 Å². The van der Waals surface area contributed by atoms with E-state index in [9.17, 15) is 0 Å². The van der Waals surface area contributed by atoms with Crippen molar-refractivity contribution in [1.82, 2.24) is 15.1 Å². The van der Waals surface area contributed by atoms with E-state index in [1.807, 2.05) is 0 Å². The predicted octanol–water partition coefficient (Wildman–Crippen LogP) is 1.79. The molecule has 0 radical (unpaired) electrons. The van der Waals surface area contributed by atoms with Gasteiger partial charge in [-0.25, -0.2) is 0 Å². The summed E-state index contributed by atoms with van der Waals surface area (Å²) < 4.78 is 0. The van der Waals surface area contributed by atoms with Crippen LogP contribution in [0, 0.1) is 5.92 Å². The monoisotopic (exact) mass is 253 g/mol. The molecule has 2 atom stereocenters. The second kappa shape index (κ2) is 7.46. The molecule has 2 aliphatic rings. The first-order chi connectivity index (χ1) is 8.83. The van der Waals surface area contributed by atoms with Crippen LogP contribution in [0.15, 0.2) is 0 Å². The van der Waals surface area contributed by atoms with Gasteiger partial charge in [0.2, 0.25) is 0 Å². The van der Waals surface area contributed by atoms with E-state index in [-0.39, 0.29) is 0 Å². The zero-order valence-corrected chi connectivity index (χ0v) is 12.3. The van der Waals surface area contributed by atoms with Crippen molar-refractivity contribution in [2.75, 3.05) is 46.3 Å². The fourth-order valence-electron chi connectivity index (χ4n) is 3.63. The van der Waals surface area contributed by atoms with Gasteiger partial charge in [-0.1, -0.05) is 13.3 Å². The van der Waals surface area contributed by atoms with E-state index in [1.54, 1.807) is 0 Å². The number of hydrogen-bond donors (Lipinski definition) is 1. The molecule has 18 heavy (non-hydrogen) atoms. The van der Waals surface area contributed by atoms with E-state index >= 15 is 0 Å². The van der Waals surface area contributed by atoms with Crippen molar-refractivity contribution in [3.8, 4) is 0 Å². The molecule has 2 saturated heterocycles. The van der Waals surface area contributed by atoms with Crippen molar-refractivity contribution in [1.29, 1.82) is 0 Å². The summed E-state index contributed by atoms with van der Waals surface area (Å²) in [5, 5.41) is 3.49. The maximum absolute atomic E-state index is 3.49. The van der Waals surface area contributed by atoms with Crippen LogP contribution in [0.5, 0.6) is 0 Å². The molecule has 0 spiro atoms. The van der Waals surface area contributed by atoms with Gasteiger partial charge < -0.3 is 15.1 Å². The highest BCUT2D eigenvalue weighted by Crippen LogP contribution is 2.20. The summed E-state index contributed by atoms with van der Waals surface area (Å²) in [7, 11) is 2.12. The highest BCUT2D eigenvalue weighted by molar-refractivity contribution is 4.83. The summed E-state index contributed by atoms with van der Waals surface area (Å²) in [6.07, 6.45) is 6.85. The lowest BCUT2D eigenvalue weighted by Gasteiger charge is -2.38. The molecule has 2 fully saturated rings. The number of likely N-dealkylation sites (tertiary alicyclic amines) is 2. The molecule has 3 heteroatoms. The van der Waals surface area contributed by atoms with Gasteiger partial charge in [-0.3, -0.25) is 0 Å². The second-order valence-corrected chi connectivity index (χ2v) is 6.06. The van der Waals surface area contributed by atoms with Crippen LogP contribution in [0.2, 0.25) is 0 Å². The maximum atomic E-state index is 3.49. The van der Waals surface area contributed by atoms with Crippen molar-refractivity contribution >= 4 is 0 Å². The Labute approximate surface area is 113 Å². The third-order valence-corrected chi connectivity index (χ3v) is 4.86. The lowest BCUT2D eigenvalue weighted by molar-refractivity contribution is 0.133. The maximum Gasteiger partial charge on any atom is 0.0117 e. The summed E-state index contributed by atoms with van der Waals surface area (Å²) in [6, 6.07) is 0.754. The Balaban J connectivity index is 1.64. The zero-order valence-electron chi connectivity index (χ0n) is 12.3. The SMILES string of the molecule is CCC1CN(CCCN2CCCC2)CCC1NC. The highest BCUT2D eigenvalue weighted by atomic mass is 15.2. The Morgan fingerprint density at radius 2 is 1.78 bits per heavy atom. The van der Waals surface area contributed by atoms with Gasteiger partial charge >= 0.3 is 0 Å². The minimum absolute atomic E-state index is 0.754. The lowest BCUT2D eigenvalue weighted by atomic mass is 9.90. The van der Waals surface area contributed by atoms with Gasteiger partial charge in [0.25, 0.3) is 0 Å². The van der Waals surface area contributed by atoms with E-state index in [0.717, 1.165) is 12.0 Å². The second-order valence-electron chi connectivity index (χ2n) is 6.06. The first kappa shape index (κ1) is 14.3. The van der Waals surface area contributed by atoms with Gasteiger partial charge in [-0.2, -0.15) is 0 Å². The molecule has 106 valence electrons. The van der Waals surface area contributed by atoms with E-state index in [4.69, 9.17) is 0 Å². The molecule has 2 heterocycles. The van der Waals surface area contributed by atoms with Gasteiger partial charge in [0, 0.05) is 12.6 Å². The van der Waals surface area contributed by atoms with Crippen molar-refractivity contribution in [3.05, 3.63) is 0 Å². The third-order valence-electron chi connectivity index (χ3n) is 4.86. The molecular formula is C15H31N3. The van der Waals surface area contributed by atoms with Crippen LogP contribution in [-0.2, 0) is 0 Å². The van der Waals surface area contributed by atoms with Crippen molar-refractivity contribution in [2.45, 2.75) is 45.1 Å². The summed E-state index contributed by atoms with van der Waals surface area (Å²) in [6.45, 7) is 10.3. The fourth-order valence-corrected chi connectivity index (χ4v) is 3.63. The summed E-state index contributed by atoms with van der Waals surface area (Å²) in [5.74, 6) is 0.857. The zero-order chi connectivity index (χ0) is 12.8. The number of nitrogens with zero attached hydrogens (tertiary/aromatic N) is 2. The average Bonchev–Trinajstić information content (AvgIpc) is 2.91. The van der Waals surface area contributed by atoms with Crippen molar-refractivity contribution in [2.24, 2.45) is 5.92 Å². The Bertz CT molecular complexity index is 226. The van der Waals surface area contributed by atoms with Gasteiger partial charge in [-0.05, 0) is 71.4 Å². The van der Waals surface area contributed by atoms with Crippen LogP contribution in [0.3, 0.4) is 0 Å². The molecule has 0 aromatic heterocycles. The van der Waals surface area contributed by atoms with Gasteiger partial charge in [0.1, 0.15) is 0 Å². The number of hydrogen-bond acceptors (Lipinski definition) is 3. The van der Waals surface area contributed by atoms with E-state index < -0.39 is 0 Å². The molecule has 1 N–H and O–H groups in total. The molecule has 3 nitrogen and oxygen atoms in total. The molecule has 0 amide bonds. The summed E-state index contributed by atoms with van der Waals surface area (Å²) in [4.78, 5) is 5.33. The highest BCUT2D eigenvalue weighted by Gasteiger charge is 2.26. The van der Waals surface area contributed by atoms with Crippen molar-refractivity contribution in [3.63, 3.8) is 0 Å². The van der Waals surface area contributed by atoms with Crippen LogP contribution in [0.4, 0.5) is 0 Å². The summed E-state index contributed by atoms with van der Waals surface area (Å²) >= 11 is 0. The van der Waals surface area contributed by atoms with Crippen LogP contribution < -0.4 is 5.32 Å². The normalized spacial score (nSPS) is 31.0. The Hall–Kier alpha value is -0.120. The first-order valence-electron chi connectivity index (χ1n) is 7.95. The molecule has 0 bridgehead atoms. The van der Waals surface area contributed by atoms with Crippen LogP contribution >= 0.6 is 0 Å². The average molecular weight is 253 g/mol. The van der Waals surface area contributed by atoms with Crippen LogP contribution in [0.1, 0.15) is 39.0 Å². The number of piperidine rings is 1. The molecule has 2 rings (SSSR count). The van der Waals surface area contributed by atoms with E-state index in [2.05, 4.69) is 29.1 Å². The third kappa shape index (κ3) is 3.94. The minimum Gasteiger partial charge on any atom is -0.317 e. The van der Waals surface area contributed by atoms with Gasteiger partial charge in [0.05, 0.1) is 0 Å². The van der Waals surface area contributed by atoms with Crippen LogP contribution in [0.25, 0.3) is 0 Å². The Morgan fingerprint density at radius 3 is 2.44 bits per heavy atom. The molecule has 0 aromatic rings. The predicted molar refractivity (Wildman–Crippen MR) is 78.0 cm³/mol. The smallest absolute Gasteiger partial charge is 0.0117 e. The molecular weight excluding hydrogens is 222 g/mol. The standard InChI is InChI=1S/C15H31N3/c1-3-14-13-18(12-7-15(14)16-2)11-6-10-17-8-4-5-9-17/h14-16H,3-13H2,1-2H3. The molecule has 2 unspecified atom stereocenters. The minimum atomic E-state index is 0.754. The molecule has 0 aromatic carbocycles. The topological polar surface area (TPSA) is 18.5 Å². The van der Waals surface area contributed by atoms with Gasteiger partial charge in [0.15, 0.2) is 0 Å². The molecule has 2 aliphatic heterocycles. The number of nitrogens with one attached hydrogen (secondary N) is 1. The largest absolute Gasteiger partial charge is 0.317 e. The number of rotatable bonds is 6. The quantitative estimate of drug-likeness (QED) is 0.778. The lowest BCUT2D eigenvalue weighted by Crippen LogP contribution is -2.48. The van der Waals surface area contributed by atoms with Gasteiger partial charge in [-0.15, -0.1) is 0 Å². The Kier molecular flexibility index (Phi) is 5.93. The van der Waals surface area contributed by atoms with E-state index in [0.29, 0.717) is 0 Å². The van der Waals surface area contributed by atoms with Crippen LogP contribution in [-0.4, -0.2) is 62.2 Å².